The van der Waals surface area contributed by atoms with Crippen molar-refractivity contribution in [3.05, 3.63) is 42.2 Å². The number of aromatic nitrogens is 1. The van der Waals surface area contributed by atoms with Gasteiger partial charge in [0.2, 0.25) is 0 Å². The van der Waals surface area contributed by atoms with Crippen molar-refractivity contribution in [2.45, 2.75) is 39.5 Å². The van der Waals surface area contributed by atoms with Crippen molar-refractivity contribution < 1.29 is 18.3 Å². The minimum Gasteiger partial charge on any atom is -0.755 e. The molecule has 0 spiro atoms. The predicted molar refractivity (Wildman–Crippen MR) is 111 cm³/mol. The molecule has 7 nitrogen and oxygen atoms in total. The average molecular weight is 405 g/mol. The van der Waals surface area contributed by atoms with Gasteiger partial charge in [0, 0.05) is 47.0 Å². The average Bonchev–Trinajstić information content (AvgIpc) is 2.68. The minimum absolute atomic E-state index is 0.288. The van der Waals surface area contributed by atoms with E-state index < -0.39 is 17.2 Å². The van der Waals surface area contributed by atoms with Gasteiger partial charge in [0.05, 0.1) is 17.9 Å². The van der Waals surface area contributed by atoms with Gasteiger partial charge in [0.25, 0.3) is 0 Å². The van der Waals surface area contributed by atoms with Gasteiger partial charge < -0.3 is 19.3 Å². The first kappa shape index (κ1) is 21.8. The molecule has 0 aliphatic rings. The summed E-state index contributed by atoms with van der Waals surface area (Å²) in [5, 5.41) is 3.31. The van der Waals surface area contributed by atoms with Crippen LogP contribution in [0.1, 0.15) is 49.9 Å². The third-order valence-corrected chi connectivity index (χ3v) is 4.48. The number of hydrogen-bond acceptors (Lipinski definition) is 6. The first-order valence-corrected chi connectivity index (χ1v) is 10.5. The lowest BCUT2D eigenvalue weighted by atomic mass is 10.00. The van der Waals surface area contributed by atoms with Gasteiger partial charge in [-0.2, -0.15) is 0 Å². The third-order valence-electron chi connectivity index (χ3n) is 4.09. The van der Waals surface area contributed by atoms with Crippen LogP contribution in [-0.2, 0) is 16.0 Å². The van der Waals surface area contributed by atoms with Crippen molar-refractivity contribution in [3.8, 4) is 11.1 Å². The predicted octanol–water partition coefficient (Wildman–Crippen LogP) is 4.12. The fraction of sp³-hybridized carbons (Fsp3) is 0.400. The van der Waals surface area contributed by atoms with Crippen molar-refractivity contribution in [3.63, 3.8) is 0 Å². The van der Waals surface area contributed by atoms with E-state index in [2.05, 4.69) is 21.9 Å². The number of benzene rings is 1. The summed E-state index contributed by atoms with van der Waals surface area (Å²) in [5.74, 6) is -0.482. The van der Waals surface area contributed by atoms with E-state index in [0.717, 1.165) is 31.2 Å². The Morgan fingerprint density at radius 1 is 1.21 bits per heavy atom. The molecule has 0 amide bonds. The van der Waals surface area contributed by atoms with Crippen LogP contribution >= 0.6 is 0 Å². The second kappa shape index (κ2) is 11.4. The molecule has 0 saturated carbocycles. The van der Waals surface area contributed by atoms with Gasteiger partial charge in [-0.3, -0.25) is 9.19 Å². The molecule has 8 heteroatoms. The molecule has 1 aromatic heterocycles. The number of ether oxygens (including phenoxy) is 1. The van der Waals surface area contributed by atoms with E-state index >= 15 is 0 Å². The Hall–Kier alpha value is -2.45. The summed E-state index contributed by atoms with van der Waals surface area (Å²) in [4.78, 5) is 16.6. The summed E-state index contributed by atoms with van der Waals surface area (Å²) in [7, 11) is 0. The van der Waals surface area contributed by atoms with Crippen molar-refractivity contribution >= 4 is 28.6 Å². The zero-order valence-corrected chi connectivity index (χ0v) is 17.0. The number of carbonyl (C=O) groups is 1. The summed E-state index contributed by atoms with van der Waals surface area (Å²) in [6.45, 7) is 5.11. The highest BCUT2D eigenvalue weighted by Gasteiger charge is 2.17. The Labute approximate surface area is 168 Å². The molecule has 1 unspecified atom stereocenters. The molecular weight excluding hydrogens is 378 g/mol. The molecule has 0 bridgehead atoms. The Balaban J connectivity index is 2.50. The van der Waals surface area contributed by atoms with E-state index in [1.165, 1.54) is 6.07 Å². The minimum atomic E-state index is -2.54. The Bertz CT molecular complexity index is 800. The highest BCUT2D eigenvalue weighted by Crippen LogP contribution is 2.37. The number of nitrogens with zero attached hydrogens (tertiary/aromatic N) is 1. The second-order valence-electron chi connectivity index (χ2n) is 6.29. The molecule has 2 rings (SSSR count). The van der Waals surface area contributed by atoms with E-state index in [4.69, 9.17) is 4.74 Å². The van der Waals surface area contributed by atoms with Crippen molar-refractivity contribution in [2.24, 2.45) is 0 Å². The number of anilines is 2. The van der Waals surface area contributed by atoms with Crippen LogP contribution in [0.2, 0.25) is 0 Å². The molecule has 28 heavy (non-hydrogen) atoms. The topological polar surface area (TPSA) is 103 Å². The van der Waals surface area contributed by atoms with Crippen LogP contribution in [0.4, 0.5) is 11.4 Å². The third kappa shape index (κ3) is 6.31. The Morgan fingerprint density at radius 2 is 1.96 bits per heavy atom. The van der Waals surface area contributed by atoms with Gasteiger partial charge in [-0.15, -0.1) is 0 Å². The summed E-state index contributed by atoms with van der Waals surface area (Å²) < 4.78 is 30.4. The summed E-state index contributed by atoms with van der Waals surface area (Å²) in [6, 6.07) is 6.81. The van der Waals surface area contributed by atoms with Crippen LogP contribution in [0, 0.1) is 0 Å². The van der Waals surface area contributed by atoms with Crippen molar-refractivity contribution in [2.75, 3.05) is 23.2 Å². The maximum atomic E-state index is 12.4. The van der Waals surface area contributed by atoms with E-state index in [0.29, 0.717) is 30.1 Å². The highest BCUT2D eigenvalue weighted by atomic mass is 32.2. The van der Waals surface area contributed by atoms with Crippen LogP contribution in [0.25, 0.3) is 11.1 Å². The van der Waals surface area contributed by atoms with Gasteiger partial charge >= 0.3 is 5.97 Å². The van der Waals surface area contributed by atoms with E-state index in [1.807, 2.05) is 13.0 Å². The fourth-order valence-electron chi connectivity index (χ4n) is 2.68. The second-order valence-corrected chi connectivity index (χ2v) is 6.97. The van der Waals surface area contributed by atoms with Gasteiger partial charge in [-0.1, -0.05) is 32.8 Å². The summed E-state index contributed by atoms with van der Waals surface area (Å²) in [5.41, 5.74) is 2.61. The molecule has 1 aromatic carbocycles. The lowest BCUT2D eigenvalue weighted by molar-refractivity contribution is 0.0500. The van der Waals surface area contributed by atoms with Crippen molar-refractivity contribution in [1.82, 2.24) is 4.98 Å². The molecule has 1 atom stereocenters. The highest BCUT2D eigenvalue weighted by molar-refractivity contribution is 7.80. The maximum absolute atomic E-state index is 12.4. The number of unbranched alkanes of at least 4 members (excludes halogenated alkanes) is 2. The first-order valence-electron chi connectivity index (χ1n) is 9.42. The van der Waals surface area contributed by atoms with Crippen LogP contribution in [0.15, 0.2) is 36.7 Å². The Morgan fingerprint density at radius 3 is 2.61 bits per heavy atom. The molecule has 2 aromatic rings. The SMILES string of the molecule is CCCCNc1cc(C(=O)OCCCC)cc(NS(=O)[O-])c1-c1cccnc1. The maximum Gasteiger partial charge on any atom is 0.338 e. The molecule has 0 aliphatic heterocycles. The number of pyridine rings is 1. The fourth-order valence-corrected chi connectivity index (χ4v) is 3.02. The van der Waals surface area contributed by atoms with E-state index in [1.54, 1.807) is 24.5 Å². The molecule has 2 N–H and O–H groups in total. The zero-order valence-electron chi connectivity index (χ0n) is 16.2. The van der Waals surface area contributed by atoms with Crippen molar-refractivity contribution in [1.29, 1.82) is 0 Å². The first-order chi connectivity index (χ1) is 13.6. The molecule has 152 valence electrons. The van der Waals surface area contributed by atoms with Crippen LogP contribution < -0.4 is 10.0 Å². The number of esters is 1. The van der Waals surface area contributed by atoms with Gasteiger partial charge in [0.15, 0.2) is 0 Å². The molecule has 0 fully saturated rings. The normalized spacial score (nSPS) is 11.7. The molecule has 0 saturated heterocycles. The molecule has 0 radical (unpaired) electrons. The summed E-state index contributed by atoms with van der Waals surface area (Å²) >= 11 is -2.54. The molecule has 1 heterocycles. The number of carbonyl (C=O) groups excluding carboxylic acids is 1. The smallest absolute Gasteiger partial charge is 0.338 e. The number of hydrogen-bond donors (Lipinski definition) is 2. The lowest BCUT2D eigenvalue weighted by Gasteiger charge is -2.20. The number of rotatable bonds is 11. The molecule has 0 aliphatic carbocycles. The van der Waals surface area contributed by atoms with Gasteiger partial charge in [0.1, 0.15) is 0 Å². The van der Waals surface area contributed by atoms with Crippen LogP contribution in [0.5, 0.6) is 0 Å². The quantitative estimate of drug-likeness (QED) is 0.332. The van der Waals surface area contributed by atoms with Gasteiger partial charge in [-0.25, -0.2) is 4.79 Å². The van der Waals surface area contributed by atoms with E-state index in [-0.39, 0.29) is 5.56 Å². The lowest BCUT2D eigenvalue weighted by Crippen LogP contribution is -2.12. The van der Waals surface area contributed by atoms with Crippen LogP contribution in [-0.4, -0.2) is 32.9 Å². The number of nitrogens with one attached hydrogen (secondary N) is 2. The van der Waals surface area contributed by atoms with E-state index in [9.17, 15) is 13.6 Å². The monoisotopic (exact) mass is 404 g/mol. The Kier molecular flexibility index (Phi) is 8.90. The largest absolute Gasteiger partial charge is 0.755 e. The standard InChI is InChI=1S/C20H27N3O4S/c1-3-5-10-22-17-12-16(20(24)27-11-6-4-2)13-18(23-28(25)26)19(17)15-8-7-9-21-14-15/h7-9,12-14,22-23H,3-6,10-11H2,1-2H3,(H,25,26)/p-1. The zero-order chi connectivity index (χ0) is 20.4. The van der Waals surface area contributed by atoms with Crippen LogP contribution in [0.3, 0.4) is 0 Å². The molecular formula is C20H26N3O4S-. The summed E-state index contributed by atoms with van der Waals surface area (Å²) in [6.07, 6.45) is 6.93. The van der Waals surface area contributed by atoms with Gasteiger partial charge in [-0.05, 0) is 31.0 Å².